The summed E-state index contributed by atoms with van der Waals surface area (Å²) in [5, 5.41) is 3.68. The van der Waals surface area contributed by atoms with E-state index in [-0.39, 0.29) is 11.7 Å². The monoisotopic (exact) mass is 414 g/mol. The van der Waals surface area contributed by atoms with Crippen LogP contribution in [-0.2, 0) is 16.0 Å². The average Bonchev–Trinajstić information content (AvgIpc) is 2.70. The van der Waals surface area contributed by atoms with Gasteiger partial charge in [-0.25, -0.2) is 0 Å². The summed E-state index contributed by atoms with van der Waals surface area (Å²) in [5.74, 6) is -0.0815. The third kappa shape index (κ3) is 6.05. The second-order valence-corrected chi connectivity index (χ2v) is 8.20. The standard InChI is InChI=1S/C23H28ClN3O2/c1-17-8-9-20(24)15-22(17)27-12-10-26(11-13-27)16-23(29)25-21(18(2)28)14-19-6-4-3-5-7-19/h3-9,15,21H,10-14,16H2,1-2H3,(H,25,29)/p+1/t21-/m1/s1. The van der Waals surface area contributed by atoms with Gasteiger partial charge in [-0.15, -0.1) is 0 Å². The molecule has 3 rings (SSSR count). The van der Waals surface area contributed by atoms with Crippen LogP contribution < -0.4 is 15.1 Å². The molecule has 2 aromatic rings. The molecule has 2 N–H and O–H groups in total. The molecule has 1 atom stereocenters. The maximum Gasteiger partial charge on any atom is 0.275 e. The van der Waals surface area contributed by atoms with Crippen LogP contribution in [0.5, 0.6) is 0 Å². The molecule has 154 valence electrons. The number of ketones is 1. The van der Waals surface area contributed by atoms with E-state index in [1.165, 1.54) is 23.1 Å². The van der Waals surface area contributed by atoms with Gasteiger partial charge in [0.05, 0.1) is 32.2 Å². The normalized spacial score (nSPS) is 15.8. The van der Waals surface area contributed by atoms with Gasteiger partial charge in [0.15, 0.2) is 12.3 Å². The Morgan fingerprint density at radius 2 is 1.83 bits per heavy atom. The van der Waals surface area contributed by atoms with E-state index in [0.29, 0.717) is 13.0 Å². The summed E-state index contributed by atoms with van der Waals surface area (Å²) in [6, 6.07) is 15.3. The third-order valence-corrected chi connectivity index (χ3v) is 5.74. The van der Waals surface area contributed by atoms with Crippen molar-refractivity contribution in [2.24, 2.45) is 0 Å². The van der Waals surface area contributed by atoms with Crippen LogP contribution in [0.4, 0.5) is 5.69 Å². The zero-order valence-electron chi connectivity index (χ0n) is 17.1. The number of hydrogen-bond donors (Lipinski definition) is 2. The molecule has 1 amide bonds. The molecule has 0 bridgehead atoms. The molecular weight excluding hydrogens is 386 g/mol. The van der Waals surface area contributed by atoms with Crippen molar-refractivity contribution in [3.63, 3.8) is 0 Å². The highest BCUT2D eigenvalue weighted by atomic mass is 35.5. The lowest BCUT2D eigenvalue weighted by Gasteiger charge is -2.34. The van der Waals surface area contributed by atoms with Gasteiger partial charge < -0.3 is 15.1 Å². The lowest BCUT2D eigenvalue weighted by molar-refractivity contribution is -0.892. The second kappa shape index (κ2) is 9.90. The maximum absolute atomic E-state index is 12.6. The number of hydrogen-bond acceptors (Lipinski definition) is 3. The van der Waals surface area contributed by atoms with Gasteiger partial charge in [-0.05, 0) is 43.5 Å². The lowest BCUT2D eigenvalue weighted by Crippen LogP contribution is -3.16. The number of anilines is 1. The van der Waals surface area contributed by atoms with Crippen molar-refractivity contribution < 1.29 is 14.5 Å². The molecule has 1 fully saturated rings. The van der Waals surface area contributed by atoms with Crippen molar-refractivity contribution in [2.75, 3.05) is 37.6 Å². The summed E-state index contributed by atoms with van der Waals surface area (Å²) in [6.45, 7) is 7.53. The van der Waals surface area contributed by atoms with Crippen LogP contribution in [0, 0.1) is 6.92 Å². The molecule has 1 aliphatic rings. The molecule has 0 spiro atoms. The number of carbonyl (C=O) groups excluding carboxylic acids is 2. The van der Waals surface area contributed by atoms with Crippen LogP contribution in [-0.4, -0.2) is 50.5 Å². The first-order chi connectivity index (χ1) is 13.9. The van der Waals surface area contributed by atoms with E-state index in [4.69, 9.17) is 11.6 Å². The van der Waals surface area contributed by atoms with Crippen LogP contribution in [0.15, 0.2) is 48.5 Å². The highest BCUT2D eigenvalue weighted by molar-refractivity contribution is 6.30. The average molecular weight is 415 g/mol. The van der Waals surface area contributed by atoms with Gasteiger partial charge >= 0.3 is 0 Å². The molecule has 0 unspecified atom stereocenters. The molecule has 0 saturated carbocycles. The zero-order chi connectivity index (χ0) is 20.8. The van der Waals surface area contributed by atoms with Crippen molar-refractivity contribution >= 4 is 29.0 Å². The number of rotatable bonds is 7. The first-order valence-corrected chi connectivity index (χ1v) is 10.5. The van der Waals surface area contributed by atoms with Gasteiger partial charge in [0, 0.05) is 10.7 Å². The van der Waals surface area contributed by atoms with Gasteiger partial charge in [-0.3, -0.25) is 9.59 Å². The highest BCUT2D eigenvalue weighted by Crippen LogP contribution is 2.24. The summed E-state index contributed by atoms with van der Waals surface area (Å²) < 4.78 is 0. The number of amides is 1. The number of nitrogens with zero attached hydrogens (tertiary/aromatic N) is 1. The Morgan fingerprint density at radius 1 is 1.14 bits per heavy atom. The summed E-state index contributed by atoms with van der Waals surface area (Å²) in [6.07, 6.45) is 0.527. The number of aryl methyl sites for hydroxylation is 1. The van der Waals surface area contributed by atoms with Gasteiger partial charge in [-0.1, -0.05) is 48.0 Å². The highest BCUT2D eigenvalue weighted by Gasteiger charge is 2.25. The van der Waals surface area contributed by atoms with E-state index in [0.717, 1.165) is 36.8 Å². The SMILES string of the molecule is CC(=O)[C@@H](Cc1ccccc1)NC(=O)C[NH+]1CCN(c2cc(Cl)ccc2C)CC1. The van der Waals surface area contributed by atoms with Crippen molar-refractivity contribution in [1.82, 2.24) is 5.32 Å². The topological polar surface area (TPSA) is 53.9 Å². The molecule has 29 heavy (non-hydrogen) atoms. The summed E-state index contributed by atoms with van der Waals surface area (Å²) >= 11 is 6.15. The van der Waals surface area contributed by atoms with Gasteiger partial charge in [0.1, 0.15) is 0 Å². The van der Waals surface area contributed by atoms with E-state index in [1.54, 1.807) is 0 Å². The van der Waals surface area contributed by atoms with Crippen LogP contribution in [0.3, 0.4) is 0 Å². The zero-order valence-corrected chi connectivity index (χ0v) is 17.8. The largest absolute Gasteiger partial charge is 0.360 e. The van der Waals surface area contributed by atoms with E-state index in [2.05, 4.69) is 17.1 Å². The smallest absolute Gasteiger partial charge is 0.275 e. The first-order valence-electron chi connectivity index (χ1n) is 10.1. The molecule has 0 aliphatic carbocycles. The summed E-state index contributed by atoms with van der Waals surface area (Å²) in [5.41, 5.74) is 3.42. The minimum absolute atomic E-state index is 0.0153. The minimum Gasteiger partial charge on any atom is -0.360 e. The molecule has 0 radical (unpaired) electrons. The van der Waals surface area contributed by atoms with Crippen LogP contribution >= 0.6 is 11.6 Å². The Balaban J connectivity index is 1.51. The van der Waals surface area contributed by atoms with Crippen molar-refractivity contribution in [2.45, 2.75) is 26.3 Å². The maximum atomic E-state index is 12.6. The number of Topliss-reactive ketones (excluding diaryl/α,β-unsaturated/α-hetero) is 1. The Labute approximate surface area is 177 Å². The first kappa shape index (κ1) is 21.3. The number of carbonyl (C=O) groups is 2. The third-order valence-electron chi connectivity index (χ3n) is 5.50. The fourth-order valence-corrected chi connectivity index (χ4v) is 3.95. The van der Waals surface area contributed by atoms with Crippen molar-refractivity contribution in [1.29, 1.82) is 0 Å². The van der Waals surface area contributed by atoms with E-state index in [9.17, 15) is 9.59 Å². The van der Waals surface area contributed by atoms with Crippen LogP contribution in [0.25, 0.3) is 0 Å². The van der Waals surface area contributed by atoms with Crippen molar-refractivity contribution in [3.05, 3.63) is 64.7 Å². The number of halogens is 1. The molecule has 2 aromatic carbocycles. The molecular formula is C23H29ClN3O2+. The van der Waals surface area contributed by atoms with Crippen LogP contribution in [0.2, 0.25) is 5.02 Å². The Bertz CT molecular complexity index is 848. The van der Waals surface area contributed by atoms with Gasteiger partial charge in [0.2, 0.25) is 0 Å². The van der Waals surface area contributed by atoms with E-state index >= 15 is 0 Å². The molecule has 1 aliphatic heterocycles. The summed E-state index contributed by atoms with van der Waals surface area (Å²) in [7, 11) is 0. The molecule has 1 saturated heterocycles. The Hall–Kier alpha value is -2.37. The number of quaternary nitrogens is 1. The molecule has 5 nitrogen and oxygen atoms in total. The van der Waals surface area contributed by atoms with Crippen LogP contribution in [0.1, 0.15) is 18.1 Å². The van der Waals surface area contributed by atoms with E-state index < -0.39 is 6.04 Å². The molecule has 6 heteroatoms. The number of piperazine rings is 1. The number of benzene rings is 2. The molecule has 0 aromatic heterocycles. The minimum atomic E-state index is -0.473. The van der Waals surface area contributed by atoms with E-state index in [1.807, 2.05) is 48.5 Å². The lowest BCUT2D eigenvalue weighted by atomic mass is 10.0. The van der Waals surface area contributed by atoms with Crippen molar-refractivity contribution in [3.8, 4) is 0 Å². The fraction of sp³-hybridized carbons (Fsp3) is 0.391. The quantitative estimate of drug-likeness (QED) is 0.724. The second-order valence-electron chi connectivity index (χ2n) is 7.77. The number of nitrogens with one attached hydrogen (secondary N) is 2. The van der Waals surface area contributed by atoms with Gasteiger partial charge in [0.25, 0.3) is 5.91 Å². The Kier molecular flexibility index (Phi) is 7.29. The Morgan fingerprint density at radius 3 is 2.48 bits per heavy atom. The fourth-order valence-electron chi connectivity index (χ4n) is 3.78. The summed E-state index contributed by atoms with van der Waals surface area (Å²) in [4.78, 5) is 28.1. The predicted molar refractivity (Wildman–Crippen MR) is 117 cm³/mol. The van der Waals surface area contributed by atoms with Gasteiger partial charge in [-0.2, -0.15) is 0 Å². The predicted octanol–water partition coefficient (Wildman–Crippen LogP) is 1.67. The molecule has 1 heterocycles.